The summed E-state index contributed by atoms with van der Waals surface area (Å²) in [5.41, 5.74) is 3.29. The van der Waals surface area contributed by atoms with E-state index in [1.165, 1.54) is 6.20 Å². The lowest BCUT2D eigenvalue weighted by Crippen LogP contribution is -2.04. The van der Waals surface area contributed by atoms with E-state index in [4.69, 9.17) is 16.7 Å². The highest BCUT2D eigenvalue weighted by Crippen LogP contribution is 2.28. The number of carboxylic acids is 1. The molecule has 104 valence electrons. The molecule has 0 aliphatic carbocycles. The van der Waals surface area contributed by atoms with Crippen molar-refractivity contribution in [3.63, 3.8) is 0 Å². The summed E-state index contributed by atoms with van der Waals surface area (Å²) in [6.07, 6.45) is 1.51. The van der Waals surface area contributed by atoms with Gasteiger partial charge in [-0.3, -0.25) is 0 Å². The average Bonchev–Trinajstić information content (AvgIpc) is 2.46. The monoisotopic (exact) mass is 298 g/mol. The first-order valence-corrected chi connectivity index (χ1v) is 6.69. The number of halogens is 1. The van der Waals surface area contributed by atoms with E-state index in [0.29, 0.717) is 10.7 Å². The largest absolute Gasteiger partial charge is 0.477 e. The van der Waals surface area contributed by atoms with Crippen LogP contribution in [-0.2, 0) is 0 Å². The molecular weight excluding hydrogens is 288 g/mol. The van der Waals surface area contributed by atoms with E-state index in [1.807, 2.05) is 30.3 Å². The van der Waals surface area contributed by atoms with Crippen LogP contribution in [0.3, 0.4) is 0 Å². The van der Waals surface area contributed by atoms with E-state index in [9.17, 15) is 4.79 Å². The van der Waals surface area contributed by atoms with E-state index in [2.05, 4.69) is 9.97 Å². The fraction of sp³-hybridized carbons (Fsp3) is 0.0625. The molecule has 0 bridgehead atoms. The van der Waals surface area contributed by atoms with Crippen LogP contribution in [0.25, 0.3) is 22.0 Å². The summed E-state index contributed by atoms with van der Waals surface area (Å²) in [5.74, 6) is -1.02. The van der Waals surface area contributed by atoms with Crippen molar-refractivity contribution in [3.05, 3.63) is 59.0 Å². The normalized spacial score (nSPS) is 10.8. The van der Waals surface area contributed by atoms with Crippen molar-refractivity contribution >= 4 is 28.5 Å². The van der Waals surface area contributed by atoms with Crippen LogP contribution in [0.5, 0.6) is 0 Å². The third kappa shape index (κ3) is 2.45. The smallest absolute Gasteiger partial charge is 0.354 e. The van der Waals surface area contributed by atoms with Gasteiger partial charge in [0.05, 0.1) is 5.52 Å². The Labute approximate surface area is 126 Å². The van der Waals surface area contributed by atoms with E-state index in [0.717, 1.165) is 22.0 Å². The van der Waals surface area contributed by atoms with Crippen molar-refractivity contribution < 1.29 is 9.90 Å². The van der Waals surface area contributed by atoms with Crippen LogP contribution in [0.2, 0.25) is 5.15 Å². The summed E-state index contributed by atoms with van der Waals surface area (Å²) in [6.45, 7) is 1.76. The SMILES string of the molecule is Cc1c(-c2ccc3nc(Cl)ccc3c2)ccnc1C(=O)O. The van der Waals surface area contributed by atoms with Gasteiger partial charge in [-0.1, -0.05) is 17.7 Å². The van der Waals surface area contributed by atoms with Gasteiger partial charge in [-0.25, -0.2) is 14.8 Å². The molecule has 2 aromatic heterocycles. The number of benzene rings is 1. The maximum absolute atomic E-state index is 11.2. The van der Waals surface area contributed by atoms with E-state index in [1.54, 1.807) is 13.0 Å². The standard InChI is InChI=1S/C16H11ClN2O2/c1-9-12(6-7-18-15(9)16(20)21)10-2-4-13-11(8-10)3-5-14(17)19-13/h2-8H,1H3,(H,20,21). The van der Waals surface area contributed by atoms with Gasteiger partial charge in [-0.15, -0.1) is 0 Å². The first-order chi connectivity index (χ1) is 10.1. The summed E-state index contributed by atoms with van der Waals surface area (Å²) in [6, 6.07) is 11.2. The van der Waals surface area contributed by atoms with Crippen LogP contribution in [0, 0.1) is 6.92 Å². The Morgan fingerprint density at radius 3 is 2.76 bits per heavy atom. The lowest BCUT2D eigenvalue weighted by molar-refractivity contribution is 0.0689. The van der Waals surface area contributed by atoms with Gasteiger partial charge in [-0.05, 0) is 53.9 Å². The zero-order valence-electron chi connectivity index (χ0n) is 11.2. The Morgan fingerprint density at radius 1 is 1.19 bits per heavy atom. The topological polar surface area (TPSA) is 63.1 Å². The van der Waals surface area contributed by atoms with Gasteiger partial charge in [0.1, 0.15) is 5.15 Å². The summed E-state index contributed by atoms with van der Waals surface area (Å²) >= 11 is 5.87. The Bertz CT molecular complexity index is 862. The van der Waals surface area contributed by atoms with Crippen LogP contribution in [0.1, 0.15) is 16.1 Å². The third-order valence-electron chi connectivity index (χ3n) is 3.37. The minimum Gasteiger partial charge on any atom is -0.477 e. The third-order valence-corrected chi connectivity index (χ3v) is 3.58. The predicted octanol–water partition coefficient (Wildman–Crippen LogP) is 3.96. The highest BCUT2D eigenvalue weighted by molar-refractivity contribution is 6.29. The molecule has 0 amide bonds. The highest BCUT2D eigenvalue weighted by atomic mass is 35.5. The Balaban J connectivity index is 2.19. The first kappa shape index (κ1) is 13.5. The van der Waals surface area contributed by atoms with Crippen molar-refractivity contribution in [1.82, 2.24) is 9.97 Å². The molecule has 1 aromatic carbocycles. The Kier molecular flexibility index (Phi) is 3.31. The zero-order chi connectivity index (χ0) is 15.0. The second kappa shape index (κ2) is 5.14. The first-order valence-electron chi connectivity index (χ1n) is 6.32. The molecule has 0 saturated heterocycles. The van der Waals surface area contributed by atoms with Gasteiger partial charge in [0.2, 0.25) is 0 Å². The summed E-state index contributed by atoms with van der Waals surface area (Å²) in [4.78, 5) is 19.3. The number of carboxylic acid groups (broad SMARTS) is 1. The molecule has 4 nitrogen and oxygen atoms in total. The van der Waals surface area contributed by atoms with Crippen molar-refractivity contribution in [2.24, 2.45) is 0 Å². The number of rotatable bonds is 2. The van der Waals surface area contributed by atoms with Crippen molar-refractivity contribution in [1.29, 1.82) is 0 Å². The molecule has 0 fully saturated rings. The number of pyridine rings is 2. The lowest BCUT2D eigenvalue weighted by Gasteiger charge is -2.09. The molecule has 0 unspecified atom stereocenters. The van der Waals surface area contributed by atoms with Gasteiger partial charge < -0.3 is 5.11 Å². The number of nitrogens with zero attached hydrogens (tertiary/aromatic N) is 2. The summed E-state index contributed by atoms with van der Waals surface area (Å²) in [7, 11) is 0. The maximum Gasteiger partial charge on any atom is 0.354 e. The highest BCUT2D eigenvalue weighted by Gasteiger charge is 2.13. The van der Waals surface area contributed by atoms with Gasteiger partial charge in [0.25, 0.3) is 0 Å². The van der Waals surface area contributed by atoms with Crippen LogP contribution in [-0.4, -0.2) is 21.0 Å². The zero-order valence-corrected chi connectivity index (χ0v) is 11.9. The number of carbonyl (C=O) groups is 1. The van der Waals surface area contributed by atoms with Gasteiger partial charge in [0.15, 0.2) is 5.69 Å². The molecule has 3 aromatic rings. The molecule has 0 atom stereocenters. The average molecular weight is 299 g/mol. The molecule has 0 spiro atoms. The Hall–Kier alpha value is -2.46. The maximum atomic E-state index is 11.2. The minimum absolute atomic E-state index is 0.0711. The molecule has 0 saturated carbocycles. The van der Waals surface area contributed by atoms with E-state index < -0.39 is 5.97 Å². The number of hydrogen-bond donors (Lipinski definition) is 1. The lowest BCUT2D eigenvalue weighted by atomic mass is 9.98. The molecule has 1 N–H and O–H groups in total. The quantitative estimate of drug-likeness (QED) is 0.727. The van der Waals surface area contributed by atoms with Crippen molar-refractivity contribution in [2.45, 2.75) is 6.92 Å². The number of fused-ring (bicyclic) bond motifs is 1. The summed E-state index contributed by atoms with van der Waals surface area (Å²) in [5, 5.41) is 10.5. The van der Waals surface area contributed by atoms with Crippen molar-refractivity contribution in [3.8, 4) is 11.1 Å². The van der Waals surface area contributed by atoms with Crippen LogP contribution < -0.4 is 0 Å². The minimum atomic E-state index is -1.02. The Morgan fingerprint density at radius 2 is 2.00 bits per heavy atom. The van der Waals surface area contributed by atoms with E-state index >= 15 is 0 Å². The van der Waals surface area contributed by atoms with Crippen LogP contribution >= 0.6 is 11.6 Å². The molecule has 0 aliphatic heterocycles. The summed E-state index contributed by atoms with van der Waals surface area (Å²) < 4.78 is 0. The van der Waals surface area contributed by atoms with E-state index in [-0.39, 0.29) is 5.69 Å². The van der Waals surface area contributed by atoms with Gasteiger partial charge >= 0.3 is 5.97 Å². The van der Waals surface area contributed by atoms with Gasteiger partial charge in [0, 0.05) is 11.6 Å². The molecular formula is C16H11ClN2O2. The fourth-order valence-electron chi connectivity index (χ4n) is 2.33. The fourth-order valence-corrected chi connectivity index (χ4v) is 2.49. The number of hydrogen-bond acceptors (Lipinski definition) is 3. The molecule has 0 aliphatic rings. The number of aromatic nitrogens is 2. The van der Waals surface area contributed by atoms with Crippen molar-refractivity contribution in [2.75, 3.05) is 0 Å². The molecule has 21 heavy (non-hydrogen) atoms. The molecule has 2 heterocycles. The predicted molar refractivity (Wildman–Crippen MR) is 81.7 cm³/mol. The molecule has 3 rings (SSSR count). The van der Waals surface area contributed by atoms with Crippen LogP contribution in [0.4, 0.5) is 0 Å². The molecule has 0 radical (unpaired) electrons. The second-order valence-corrected chi connectivity index (χ2v) is 5.07. The molecule has 5 heteroatoms. The number of aromatic carboxylic acids is 1. The second-order valence-electron chi connectivity index (χ2n) is 4.68. The van der Waals surface area contributed by atoms with Gasteiger partial charge in [-0.2, -0.15) is 0 Å². The van der Waals surface area contributed by atoms with Crippen LogP contribution in [0.15, 0.2) is 42.6 Å².